The Kier molecular flexibility index (Phi) is 6.39. The van der Waals surface area contributed by atoms with E-state index in [1.807, 2.05) is 0 Å². The standard InChI is InChI=1S/C11H20N2O4/c14-10(15)8-17-7-6-12-11(16)13-9-4-2-1-3-5-9/h9H,1-8H2,(H,14,15)(H2,12,13,16). The van der Waals surface area contributed by atoms with Gasteiger partial charge in [-0.1, -0.05) is 19.3 Å². The second-order valence-electron chi connectivity index (χ2n) is 4.18. The number of carboxylic acids is 1. The molecule has 1 aliphatic carbocycles. The first kappa shape index (κ1) is 13.8. The van der Waals surface area contributed by atoms with Crippen LogP contribution in [0.2, 0.25) is 0 Å². The number of nitrogens with one attached hydrogen (secondary N) is 2. The molecule has 0 heterocycles. The van der Waals surface area contributed by atoms with Gasteiger partial charge < -0.3 is 20.5 Å². The predicted molar refractivity (Wildman–Crippen MR) is 61.9 cm³/mol. The largest absolute Gasteiger partial charge is 0.480 e. The minimum atomic E-state index is -1.00. The van der Waals surface area contributed by atoms with Gasteiger partial charge in [0, 0.05) is 12.6 Å². The summed E-state index contributed by atoms with van der Waals surface area (Å²) < 4.78 is 4.79. The molecule has 3 N–H and O–H groups in total. The molecule has 1 aliphatic rings. The fraction of sp³-hybridized carbons (Fsp3) is 0.818. The SMILES string of the molecule is O=C(O)COCCNC(=O)NC1CCCCC1. The van der Waals surface area contributed by atoms with E-state index in [9.17, 15) is 9.59 Å². The van der Waals surface area contributed by atoms with Gasteiger partial charge in [-0.3, -0.25) is 0 Å². The molecular weight excluding hydrogens is 224 g/mol. The van der Waals surface area contributed by atoms with Gasteiger partial charge in [0.25, 0.3) is 0 Å². The quantitative estimate of drug-likeness (QED) is 0.601. The highest BCUT2D eigenvalue weighted by atomic mass is 16.5. The van der Waals surface area contributed by atoms with Crippen LogP contribution in [0.25, 0.3) is 0 Å². The zero-order chi connectivity index (χ0) is 12.5. The number of amides is 2. The molecule has 6 heteroatoms. The van der Waals surface area contributed by atoms with Crippen molar-refractivity contribution in [3.63, 3.8) is 0 Å². The topological polar surface area (TPSA) is 87.7 Å². The molecule has 0 atom stereocenters. The summed E-state index contributed by atoms with van der Waals surface area (Å²) in [5.74, 6) is -1.00. The molecular formula is C11H20N2O4. The van der Waals surface area contributed by atoms with Crippen LogP contribution in [-0.2, 0) is 9.53 Å². The molecule has 1 rings (SSSR count). The monoisotopic (exact) mass is 244 g/mol. The molecule has 0 aromatic rings. The van der Waals surface area contributed by atoms with Gasteiger partial charge in [0.1, 0.15) is 6.61 Å². The molecule has 17 heavy (non-hydrogen) atoms. The lowest BCUT2D eigenvalue weighted by Crippen LogP contribution is -2.43. The van der Waals surface area contributed by atoms with Gasteiger partial charge >= 0.3 is 12.0 Å². The molecule has 1 saturated carbocycles. The van der Waals surface area contributed by atoms with Crippen molar-refractivity contribution in [2.75, 3.05) is 19.8 Å². The van der Waals surface area contributed by atoms with Gasteiger partial charge in [0.05, 0.1) is 6.61 Å². The fourth-order valence-electron chi connectivity index (χ4n) is 1.88. The highest BCUT2D eigenvalue weighted by molar-refractivity contribution is 5.74. The smallest absolute Gasteiger partial charge is 0.329 e. The number of carboxylic acid groups (broad SMARTS) is 1. The summed E-state index contributed by atoms with van der Waals surface area (Å²) in [6.45, 7) is 0.210. The predicted octanol–water partition coefficient (Wildman–Crippen LogP) is 0.719. The Bertz CT molecular complexity index is 252. The Morgan fingerprint density at radius 3 is 2.59 bits per heavy atom. The first-order chi connectivity index (χ1) is 8.18. The van der Waals surface area contributed by atoms with E-state index >= 15 is 0 Å². The Morgan fingerprint density at radius 2 is 1.94 bits per heavy atom. The Balaban J connectivity index is 1.98. The first-order valence-electron chi connectivity index (χ1n) is 6.02. The number of rotatable bonds is 6. The highest BCUT2D eigenvalue weighted by Crippen LogP contribution is 2.16. The zero-order valence-corrected chi connectivity index (χ0v) is 9.91. The van der Waals surface area contributed by atoms with Crippen LogP contribution in [0, 0.1) is 0 Å². The number of hydrogen-bond donors (Lipinski definition) is 3. The zero-order valence-electron chi connectivity index (χ0n) is 9.91. The second kappa shape index (κ2) is 7.89. The highest BCUT2D eigenvalue weighted by Gasteiger charge is 2.14. The van der Waals surface area contributed by atoms with E-state index < -0.39 is 5.97 Å². The van der Waals surface area contributed by atoms with E-state index in [0.29, 0.717) is 6.54 Å². The summed E-state index contributed by atoms with van der Waals surface area (Å²) in [5, 5.41) is 13.8. The minimum absolute atomic E-state index is 0.198. The lowest BCUT2D eigenvalue weighted by Gasteiger charge is -2.22. The van der Waals surface area contributed by atoms with Crippen LogP contribution in [0.5, 0.6) is 0 Å². The third kappa shape index (κ3) is 6.78. The Labute approximate surface area is 101 Å². The Morgan fingerprint density at radius 1 is 1.24 bits per heavy atom. The summed E-state index contributed by atoms with van der Waals surface area (Å²) >= 11 is 0. The first-order valence-corrected chi connectivity index (χ1v) is 6.02. The van der Waals surface area contributed by atoms with Crippen LogP contribution < -0.4 is 10.6 Å². The normalized spacial score (nSPS) is 16.5. The number of hydrogen-bond acceptors (Lipinski definition) is 3. The molecule has 1 fully saturated rings. The van der Waals surface area contributed by atoms with Crippen molar-refractivity contribution in [3.05, 3.63) is 0 Å². The van der Waals surface area contributed by atoms with Crippen LogP contribution in [-0.4, -0.2) is 42.9 Å². The third-order valence-electron chi connectivity index (χ3n) is 2.70. The number of urea groups is 1. The van der Waals surface area contributed by atoms with E-state index in [1.165, 1.54) is 19.3 Å². The minimum Gasteiger partial charge on any atom is -0.480 e. The molecule has 0 aromatic heterocycles. The van der Waals surface area contributed by atoms with Crippen LogP contribution >= 0.6 is 0 Å². The van der Waals surface area contributed by atoms with Gasteiger partial charge in [-0.25, -0.2) is 9.59 Å². The van der Waals surface area contributed by atoms with Crippen molar-refractivity contribution < 1.29 is 19.4 Å². The summed E-state index contributed by atoms with van der Waals surface area (Å²) in [5.41, 5.74) is 0. The molecule has 0 bridgehead atoms. The Hall–Kier alpha value is -1.30. The molecule has 98 valence electrons. The third-order valence-corrected chi connectivity index (χ3v) is 2.70. The number of carbonyl (C=O) groups excluding carboxylic acids is 1. The van der Waals surface area contributed by atoms with Gasteiger partial charge in [-0.15, -0.1) is 0 Å². The van der Waals surface area contributed by atoms with E-state index in [0.717, 1.165) is 12.8 Å². The number of aliphatic carboxylic acids is 1. The maximum Gasteiger partial charge on any atom is 0.329 e. The molecule has 0 unspecified atom stereocenters. The molecule has 0 saturated heterocycles. The lowest BCUT2D eigenvalue weighted by molar-refractivity contribution is -0.142. The van der Waals surface area contributed by atoms with Crippen LogP contribution in [0.4, 0.5) is 4.79 Å². The maximum atomic E-state index is 11.4. The van der Waals surface area contributed by atoms with E-state index in [2.05, 4.69) is 10.6 Å². The van der Waals surface area contributed by atoms with Gasteiger partial charge in [0.15, 0.2) is 0 Å². The summed E-state index contributed by atoms with van der Waals surface area (Å²) in [7, 11) is 0. The van der Waals surface area contributed by atoms with Gasteiger partial charge in [0.2, 0.25) is 0 Å². The van der Waals surface area contributed by atoms with Crippen LogP contribution in [0.15, 0.2) is 0 Å². The van der Waals surface area contributed by atoms with E-state index in [1.54, 1.807) is 0 Å². The van der Waals surface area contributed by atoms with Crippen LogP contribution in [0.3, 0.4) is 0 Å². The van der Waals surface area contributed by atoms with Crippen molar-refractivity contribution in [2.24, 2.45) is 0 Å². The van der Waals surface area contributed by atoms with Crippen molar-refractivity contribution in [2.45, 2.75) is 38.1 Å². The van der Waals surface area contributed by atoms with Crippen molar-refractivity contribution in [3.8, 4) is 0 Å². The maximum absolute atomic E-state index is 11.4. The molecule has 0 spiro atoms. The molecule has 0 aromatic carbocycles. The summed E-state index contributed by atoms with van der Waals surface area (Å²) in [6.07, 6.45) is 5.69. The average Bonchev–Trinajstić information content (AvgIpc) is 2.29. The average molecular weight is 244 g/mol. The number of carbonyl (C=O) groups is 2. The fourth-order valence-corrected chi connectivity index (χ4v) is 1.88. The second-order valence-corrected chi connectivity index (χ2v) is 4.18. The van der Waals surface area contributed by atoms with Gasteiger partial charge in [-0.2, -0.15) is 0 Å². The van der Waals surface area contributed by atoms with E-state index in [-0.39, 0.29) is 25.3 Å². The van der Waals surface area contributed by atoms with Crippen LogP contribution in [0.1, 0.15) is 32.1 Å². The molecule has 0 aliphatic heterocycles. The van der Waals surface area contributed by atoms with Crippen molar-refractivity contribution in [1.29, 1.82) is 0 Å². The molecule has 2 amide bonds. The van der Waals surface area contributed by atoms with Crippen molar-refractivity contribution >= 4 is 12.0 Å². The van der Waals surface area contributed by atoms with Gasteiger partial charge in [-0.05, 0) is 12.8 Å². The molecule has 6 nitrogen and oxygen atoms in total. The number of ether oxygens (including phenoxy) is 1. The molecule has 0 radical (unpaired) electrons. The summed E-state index contributed by atoms with van der Waals surface area (Å²) in [4.78, 5) is 21.5. The summed E-state index contributed by atoms with van der Waals surface area (Å²) in [6, 6.07) is 0.0829. The lowest BCUT2D eigenvalue weighted by atomic mass is 9.96. The van der Waals surface area contributed by atoms with Crippen molar-refractivity contribution in [1.82, 2.24) is 10.6 Å². The van der Waals surface area contributed by atoms with E-state index in [4.69, 9.17) is 9.84 Å².